The SMILES string of the molecule is C1C[NH2+]CC[NH2+]1.O=P1([O-])OCC2(CO1)COP(=O)([O-])OC2. The molecule has 0 bridgehead atoms. The average Bonchev–Trinajstić information content (AvgIpc) is 2.48. The fraction of sp³-hybridized carbons (Fsp3) is 1.00. The van der Waals surface area contributed by atoms with Crippen molar-refractivity contribution < 1.29 is 47.6 Å². The van der Waals surface area contributed by atoms with Gasteiger partial charge in [0.2, 0.25) is 0 Å². The summed E-state index contributed by atoms with van der Waals surface area (Å²) in [5.74, 6) is 0. The highest BCUT2D eigenvalue weighted by molar-refractivity contribution is 7.46. The van der Waals surface area contributed by atoms with Crippen LogP contribution in [0.15, 0.2) is 0 Å². The molecule has 0 aliphatic carbocycles. The van der Waals surface area contributed by atoms with Gasteiger partial charge in [0, 0.05) is 0 Å². The maximum Gasteiger partial charge on any atom is 0.267 e. The zero-order chi connectivity index (χ0) is 15.4. The Bertz CT molecular complexity index is 370. The third kappa shape index (κ3) is 5.69. The lowest BCUT2D eigenvalue weighted by molar-refractivity contribution is -0.787. The summed E-state index contributed by atoms with van der Waals surface area (Å²) < 4.78 is 39.4. The van der Waals surface area contributed by atoms with Crippen LogP contribution < -0.4 is 20.4 Å². The molecule has 12 heteroatoms. The van der Waals surface area contributed by atoms with Crippen LogP contribution in [0.2, 0.25) is 0 Å². The lowest BCUT2D eigenvalue weighted by Crippen LogP contribution is -3.04. The summed E-state index contributed by atoms with van der Waals surface area (Å²) in [5, 5.41) is 4.72. The van der Waals surface area contributed by atoms with Gasteiger partial charge in [-0.2, -0.15) is 0 Å². The monoisotopic (exact) mass is 346 g/mol. The van der Waals surface area contributed by atoms with Crippen LogP contribution in [0.3, 0.4) is 0 Å². The smallest absolute Gasteiger partial charge is 0.267 e. The van der Waals surface area contributed by atoms with E-state index in [-0.39, 0.29) is 26.4 Å². The number of piperazine rings is 1. The van der Waals surface area contributed by atoms with Crippen LogP contribution in [0.25, 0.3) is 0 Å². The van der Waals surface area contributed by atoms with Crippen LogP contribution >= 0.6 is 15.6 Å². The highest BCUT2D eigenvalue weighted by Gasteiger charge is 2.43. The van der Waals surface area contributed by atoms with Gasteiger partial charge in [-0.25, -0.2) is 0 Å². The minimum absolute atomic E-state index is 0.201. The molecule has 3 aliphatic heterocycles. The molecule has 0 saturated carbocycles. The summed E-state index contributed by atoms with van der Waals surface area (Å²) in [7, 11) is -8.44. The van der Waals surface area contributed by atoms with Crippen molar-refractivity contribution in [2.45, 2.75) is 0 Å². The number of hydrogen-bond acceptors (Lipinski definition) is 8. The van der Waals surface area contributed by atoms with E-state index < -0.39 is 21.1 Å². The van der Waals surface area contributed by atoms with Crippen molar-refractivity contribution in [3.63, 3.8) is 0 Å². The summed E-state index contributed by atoms with van der Waals surface area (Å²) in [6.07, 6.45) is 0. The second-order valence-electron chi connectivity index (χ2n) is 5.22. The van der Waals surface area contributed by atoms with Crippen LogP contribution in [-0.4, -0.2) is 52.6 Å². The number of hydrogen-bond donors (Lipinski definition) is 2. The minimum atomic E-state index is -4.22. The molecule has 0 unspecified atom stereocenters. The number of phosphoric acid groups is 2. The Labute approximate surface area is 122 Å². The maximum absolute atomic E-state index is 10.8. The summed E-state index contributed by atoms with van der Waals surface area (Å²) >= 11 is 0. The third-order valence-corrected chi connectivity index (χ3v) is 5.05. The summed E-state index contributed by atoms with van der Waals surface area (Å²) in [6, 6.07) is 0. The van der Waals surface area contributed by atoms with Gasteiger partial charge in [-0.15, -0.1) is 0 Å². The van der Waals surface area contributed by atoms with Crippen molar-refractivity contribution in [1.29, 1.82) is 0 Å². The highest BCUT2D eigenvalue weighted by atomic mass is 31.2. The summed E-state index contributed by atoms with van der Waals surface area (Å²) in [4.78, 5) is 21.6. The van der Waals surface area contributed by atoms with Crippen LogP contribution in [0.4, 0.5) is 0 Å². The van der Waals surface area contributed by atoms with Crippen LogP contribution in [0, 0.1) is 5.41 Å². The predicted octanol–water partition coefficient (Wildman–Crippen LogP) is -3.87. The van der Waals surface area contributed by atoms with Gasteiger partial charge in [-0.3, -0.25) is 9.13 Å². The summed E-state index contributed by atoms with van der Waals surface area (Å²) in [5.41, 5.74) is -0.864. The van der Waals surface area contributed by atoms with Gasteiger partial charge < -0.3 is 38.5 Å². The summed E-state index contributed by atoms with van der Waals surface area (Å²) in [6.45, 7) is 4.48. The fourth-order valence-electron chi connectivity index (χ4n) is 1.95. The molecule has 3 saturated heterocycles. The molecule has 21 heavy (non-hydrogen) atoms. The Kier molecular flexibility index (Phi) is 5.95. The van der Waals surface area contributed by atoms with Gasteiger partial charge in [0.15, 0.2) is 0 Å². The highest BCUT2D eigenvalue weighted by Crippen LogP contribution is 2.52. The molecule has 0 aromatic heterocycles. The molecule has 4 N–H and O–H groups in total. The Hall–Kier alpha value is 0.140. The molecule has 0 radical (unpaired) electrons. The van der Waals surface area contributed by atoms with Crippen LogP contribution in [0.1, 0.15) is 0 Å². The Morgan fingerprint density at radius 2 is 1.00 bits per heavy atom. The van der Waals surface area contributed by atoms with Crippen molar-refractivity contribution in [2.75, 3.05) is 52.6 Å². The van der Waals surface area contributed by atoms with E-state index in [1.807, 2.05) is 0 Å². The average molecular weight is 346 g/mol. The minimum Gasteiger partial charge on any atom is -0.756 e. The van der Waals surface area contributed by atoms with Gasteiger partial charge in [-0.05, 0) is 0 Å². The number of nitrogens with two attached hydrogens (primary N) is 2. The van der Waals surface area contributed by atoms with Gasteiger partial charge >= 0.3 is 0 Å². The van der Waals surface area contributed by atoms with Gasteiger partial charge in [0.25, 0.3) is 15.6 Å². The number of phosphoric ester groups is 2. The maximum atomic E-state index is 10.8. The molecule has 124 valence electrons. The standard InChI is InChI=1S/C5H10O8P2.C4H10N2/c6-14(7)10-1-5(2-11-14)3-12-15(8,9)13-4-5;1-2-6-4-3-5-1/h1-4H2,(H,6,7)(H,8,9);5-6H,1-4H2. The van der Waals surface area contributed by atoms with E-state index in [2.05, 4.69) is 28.7 Å². The van der Waals surface area contributed by atoms with E-state index in [0.717, 1.165) is 0 Å². The van der Waals surface area contributed by atoms with Crippen LogP contribution in [-0.2, 0) is 27.2 Å². The van der Waals surface area contributed by atoms with Gasteiger partial charge in [0.05, 0.1) is 31.8 Å². The third-order valence-electron chi connectivity index (χ3n) is 3.27. The lowest BCUT2D eigenvalue weighted by Gasteiger charge is -2.45. The van der Waals surface area contributed by atoms with E-state index in [4.69, 9.17) is 0 Å². The van der Waals surface area contributed by atoms with Gasteiger partial charge in [-0.1, -0.05) is 0 Å². The molecule has 0 aromatic rings. The van der Waals surface area contributed by atoms with Crippen molar-refractivity contribution in [2.24, 2.45) is 5.41 Å². The second-order valence-corrected chi connectivity index (χ2v) is 8.04. The molecular weight excluding hydrogens is 326 g/mol. The molecule has 3 fully saturated rings. The number of rotatable bonds is 0. The molecule has 3 aliphatic rings. The van der Waals surface area contributed by atoms with Crippen molar-refractivity contribution >= 4 is 15.6 Å². The van der Waals surface area contributed by atoms with E-state index in [1.165, 1.54) is 26.2 Å². The molecule has 3 heterocycles. The molecule has 10 nitrogen and oxygen atoms in total. The quantitative estimate of drug-likeness (QED) is 0.423. The fourth-order valence-corrected chi connectivity index (χ4v) is 3.83. The predicted molar refractivity (Wildman–Crippen MR) is 64.8 cm³/mol. The molecule has 1 spiro atoms. The molecule has 0 amide bonds. The molecule has 0 atom stereocenters. The lowest BCUT2D eigenvalue weighted by atomic mass is 9.93. The molecular formula is C9H20N2O8P2. The Balaban J connectivity index is 0.000000225. The zero-order valence-electron chi connectivity index (χ0n) is 11.5. The van der Waals surface area contributed by atoms with E-state index in [9.17, 15) is 18.9 Å². The Morgan fingerprint density at radius 3 is 1.24 bits per heavy atom. The van der Waals surface area contributed by atoms with Crippen LogP contribution in [0.5, 0.6) is 0 Å². The first kappa shape index (κ1) is 17.5. The Morgan fingerprint density at radius 1 is 0.714 bits per heavy atom. The molecule has 0 aromatic carbocycles. The van der Waals surface area contributed by atoms with Crippen molar-refractivity contribution in [3.8, 4) is 0 Å². The van der Waals surface area contributed by atoms with Gasteiger partial charge in [0.1, 0.15) is 26.2 Å². The first-order chi connectivity index (χ1) is 9.83. The van der Waals surface area contributed by atoms with E-state index in [0.29, 0.717) is 0 Å². The van der Waals surface area contributed by atoms with E-state index >= 15 is 0 Å². The normalized spacial score (nSPS) is 43.9. The van der Waals surface area contributed by atoms with Crippen molar-refractivity contribution in [1.82, 2.24) is 0 Å². The zero-order valence-corrected chi connectivity index (χ0v) is 13.3. The topological polar surface area (TPSA) is 150 Å². The first-order valence-corrected chi connectivity index (χ1v) is 9.58. The second kappa shape index (κ2) is 7.14. The number of quaternary nitrogens is 2. The van der Waals surface area contributed by atoms with Crippen molar-refractivity contribution in [3.05, 3.63) is 0 Å². The first-order valence-electron chi connectivity index (χ1n) is 6.66. The largest absolute Gasteiger partial charge is 0.756 e. The van der Waals surface area contributed by atoms with E-state index in [1.54, 1.807) is 0 Å². The molecule has 3 rings (SSSR count).